The number of nitrogens with zero attached hydrogens (tertiary/aromatic N) is 4. The van der Waals surface area contributed by atoms with E-state index in [9.17, 15) is 24.0 Å². The molecular weight excluding hydrogens is 584 g/mol. The van der Waals surface area contributed by atoms with Gasteiger partial charge in [-0.25, -0.2) is 9.59 Å². The number of ether oxygens (including phenoxy) is 2. The molecule has 238 valence electrons. The number of aromatic nitrogens is 4. The summed E-state index contributed by atoms with van der Waals surface area (Å²) in [5.74, 6) is -1.91. The van der Waals surface area contributed by atoms with E-state index in [1.54, 1.807) is 87.5 Å². The van der Waals surface area contributed by atoms with E-state index < -0.39 is 35.4 Å². The molecule has 4 rings (SSSR count). The number of aryl methyl sites for hydroxylation is 4. The van der Waals surface area contributed by atoms with E-state index in [1.165, 1.54) is 35.9 Å². The summed E-state index contributed by atoms with van der Waals surface area (Å²) >= 11 is 0. The molecule has 0 atom stereocenters. The number of rotatable bonds is 8. The summed E-state index contributed by atoms with van der Waals surface area (Å²) in [7, 11) is 7.90. The van der Waals surface area contributed by atoms with Gasteiger partial charge in [0.15, 0.2) is 0 Å². The quantitative estimate of drug-likeness (QED) is 0.216. The summed E-state index contributed by atoms with van der Waals surface area (Å²) in [5.41, 5.74) is 1.91. The van der Waals surface area contributed by atoms with Crippen molar-refractivity contribution in [3.05, 3.63) is 71.8 Å². The average molecular weight is 621 g/mol. The fourth-order valence-electron chi connectivity index (χ4n) is 4.52. The summed E-state index contributed by atoms with van der Waals surface area (Å²) in [4.78, 5) is 63.0. The molecule has 4 amide bonds. The summed E-state index contributed by atoms with van der Waals surface area (Å²) < 4.78 is 16.2. The first-order chi connectivity index (χ1) is 21.0. The van der Waals surface area contributed by atoms with Crippen LogP contribution in [0.25, 0.3) is 0 Å². The zero-order chi connectivity index (χ0) is 33.2. The summed E-state index contributed by atoms with van der Waals surface area (Å²) in [6.07, 6.45) is 5.69. The summed E-state index contributed by atoms with van der Waals surface area (Å²) in [6.45, 7) is 5.24. The number of hydrogen-bond donors (Lipinski definition) is 4. The molecule has 0 unspecified atom stereocenters. The molecule has 4 heterocycles. The molecule has 45 heavy (non-hydrogen) atoms. The van der Waals surface area contributed by atoms with Crippen LogP contribution in [0.2, 0.25) is 0 Å². The van der Waals surface area contributed by atoms with Gasteiger partial charge in [0.2, 0.25) is 0 Å². The molecule has 15 nitrogen and oxygen atoms in total. The van der Waals surface area contributed by atoms with Gasteiger partial charge in [-0.2, -0.15) is 0 Å². The van der Waals surface area contributed by atoms with Gasteiger partial charge < -0.3 is 43.7 Å². The predicted octanol–water partition coefficient (Wildman–Crippen LogP) is 3.93. The van der Waals surface area contributed by atoms with E-state index >= 15 is 0 Å². The second-order valence-electron chi connectivity index (χ2n) is 11.4. The Bertz CT molecular complexity index is 1800. The Balaban J connectivity index is 1.40. The maximum absolute atomic E-state index is 13.1. The van der Waals surface area contributed by atoms with Crippen molar-refractivity contribution in [3.63, 3.8) is 0 Å². The van der Waals surface area contributed by atoms with Crippen LogP contribution >= 0.6 is 0 Å². The van der Waals surface area contributed by atoms with Crippen LogP contribution in [0.5, 0.6) is 0 Å². The predicted molar refractivity (Wildman–Crippen MR) is 167 cm³/mol. The van der Waals surface area contributed by atoms with Gasteiger partial charge in [0.1, 0.15) is 28.4 Å². The number of esters is 1. The van der Waals surface area contributed by atoms with E-state index in [4.69, 9.17) is 9.47 Å². The molecule has 0 radical (unpaired) electrons. The lowest BCUT2D eigenvalue weighted by molar-refractivity contribution is 0.0587. The van der Waals surface area contributed by atoms with Gasteiger partial charge in [0.25, 0.3) is 17.7 Å². The number of carbonyl (C=O) groups is 5. The van der Waals surface area contributed by atoms with E-state index in [2.05, 4.69) is 21.3 Å². The number of carbonyl (C=O) groups excluding carboxylic acids is 5. The first-order valence-electron chi connectivity index (χ1n) is 13.7. The minimum absolute atomic E-state index is 0.249. The second-order valence-corrected chi connectivity index (χ2v) is 11.4. The monoisotopic (exact) mass is 620 g/mol. The molecule has 15 heteroatoms. The van der Waals surface area contributed by atoms with Crippen LogP contribution < -0.4 is 21.3 Å². The van der Waals surface area contributed by atoms with Crippen molar-refractivity contribution in [1.29, 1.82) is 0 Å². The molecule has 0 saturated carbocycles. The fraction of sp³-hybridized carbons (Fsp3) is 0.300. The molecule has 0 aliphatic rings. The van der Waals surface area contributed by atoms with Crippen LogP contribution in [0, 0.1) is 0 Å². The molecule has 0 aliphatic carbocycles. The minimum Gasteiger partial charge on any atom is -0.464 e. The van der Waals surface area contributed by atoms with Crippen molar-refractivity contribution >= 4 is 52.5 Å². The van der Waals surface area contributed by atoms with E-state index in [1.807, 2.05) is 0 Å². The Morgan fingerprint density at radius 3 is 1.20 bits per heavy atom. The Hall–Kier alpha value is -5.73. The van der Waals surface area contributed by atoms with Crippen LogP contribution in [-0.2, 0) is 37.7 Å². The number of methoxy groups -OCH3 is 1. The lowest BCUT2D eigenvalue weighted by atomic mass is 10.2. The Labute approximate surface area is 259 Å². The van der Waals surface area contributed by atoms with Gasteiger partial charge in [-0.1, -0.05) is 0 Å². The zero-order valence-corrected chi connectivity index (χ0v) is 26.3. The first-order valence-corrected chi connectivity index (χ1v) is 13.7. The number of amides is 4. The molecule has 0 spiro atoms. The SMILES string of the molecule is COC(=O)c1cc(NC(=O)c2cc(NC(=O)c3cc(NC(=O)c4cc(NC(=O)OC(C)(C)C)cn4C)cn3C)cn2C)cn1C. The van der Waals surface area contributed by atoms with Gasteiger partial charge in [-0.05, 0) is 45.0 Å². The third-order valence-electron chi connectivity index (χ3n) is 6.53. The highest BCUT2D eigenvalue weighted by atomic mass is 16.6. The molecule has 0 bridgehead atoms. The summed E-state index contributed by atoms with van der Waals surface area (Å²) in [5, 5.41) is 10.9. The molecular formula is C30H36N8O7. The molecule has 4 aromatic heterocycles. The lowest BCUT2D eigenvalue weighted by Gasteiger charge is -2.19. The molecule has 0 aromatic carbocycles. The highest BCUT2D eigenvalue weighted by Crippen LogP contribution is 2.21. The van der Waals surface area contributed by atoms with Crippen molar-refractivity contribution < 1.29 is 33.4 Å². The third kappa shape index (κ3) is 7.62. The molecule has 4 N–H and O–H groups in total. The maximum atomic E-state index is 13.1. The van der Waals surface area contributed by atoms with Crippen LogP contribution in [0.1, 0.15) is 62.7 Å². The zero-order valence-electron chi connectivity index (χ0n) is 26.3. The smallest absolute Gasteiger partial charge is 0.412 e. The molecule has 0 fully saturated rings. The van der Waals surface area contributed by atoms with Crippen molar-refractivity contribution in [2.24, 2.45) is 28.2 Å². The van der Waals surface area contributed by atoms with E-state index in [0.29, 0.717) is 22.7 Å². The van der Waals surface area contributed by atoms with Gasteiger partial charge in [0, 0.05) is 53.0 Å². The highest BCUT2D eigenvalue weighted by molar-refractivity contribution is 6.08. The van der Waals surface area contributed by atoms with Gasteiger partial charge >= 0.3 is 12.1 Å². The highest BCUT2D eigenvalue weighted by Gasteiger charge is 2.21. The number of anilines is 4. The van der Waals surface area contributed by atoms with Gasteiger partial charge in [0.05, 0.1) is 29.9 Å². The second kappa shape index (κ2) is 12.5. The van der Waals surface area contributed by atoms with Crippen LogP contribution in [0.4, 0.5) is 27.5 Å². The Morgan fingerprint density at radius 2 is 0.867 bits per heavy atom. The van der Waals surface area contributed by atoms with Crippen molar-refractivity contribution in [2.45, 2.75) is 26.4 Å². The van der Waals surface area contributed by atoms with Crippen molar-refractivity contribution in [1.82, 2.24) is 18.3 Å². The largest absolute Gasteiger partial charge is 0.464 e. The Morgan fingerprint density at radius 1 is 0.556 bits per heavy atom. The lowest BCUT2D eigenvalue weighted by Crippen LogP contribution is -2.27. The molecule has 4 aromatic rings. The molecule has 0 aliphatic heterocycles. The fourth-order valence-corrected chi connectivity index (χ4v) is 4.52. The average Bonchev–Trinajstić information content (AvgIpc) is 3.68. The first kappa shape index (κ1) is 32.2. The number of hydrogen-bond acceptors (Lipinski definition) is 7. The van der Waals surface area contributed by atoms with E-state index in [0.717, 1.165) is 0 Å². The van der Waals surface area contributed by atoms with Gasteiger partial charge in [-0.3, -0.25) is 19.7 Å². The standard InChI is InChI=1S/C30H36N8O7/c1-30(2,3)45-29(43)34-20-11-23(37(6)16-20)27(41)32-18-9-21(35(4)14-18)25(39)31-17-10-22(36(5)13-17)26(40)33-19-12-24(28(42)44-8)38(7)15-19/h9-16H,1-8H3,(H,31,39)(H,32,41)(H,33,40)(H,34,43). The Kier molecular flexibility index (Phi) is 8.93. The van der Waals surface area contributed by atoms with E-state index in [-0.39, 0.29) is 22.8 Å². The van der Waals surface area contributed by atoms with Crippen molar-refractivity contribution in [3.8, 4) is 0 Å². The topological polar surface area (TPSA) is 172 Å². The van der Waals surface area contributed by atoms with Crippen LogP contribution in [0.15, 0.2) is 49.1 Å². The third-order valence-corrected chi connectivity index (χ3v) is 6.53. The normalized spacial score (nSPS) is 11.1. The van der Waals surface area contributed by atoms with Crippen molar-refractivity contribution in [2.75, 3.05) is 28.4 Å². The van der Waals surface area contributed by atoms with Crippen LogP contribution in [-0.4, -0.2) is 60.8 Å². The summed E-state index contributed by atoms with van der Waals surface area (Å²) in [6, 6.07) is 6.04. The molecule has 0 saturated heterocycles. The maximum Gasteiger partial charge on any atom is 0.412 e. The minimum atomic E-state index is -0.672. The van der Waals surface area contributed by atoms with Crippen LogP contribution in [0.3, 0.4) is 0 Å². The number of nitrogens with one attached hydrogen (secondary N) is 4. The van der Waals surface area contributed by atoms with Gasteiger partial charge in [-0.15, -0.1) is 0 Å².